The molecule has 20 heavy (non-hydrogen) atoms. The van der Waals surface area contributed by atoms with Gasteiger partial charge >= 0.3 is 0 Å². The Hall–Kier alpha value is -2.14. The van der Waals surface area contributed by atoms with E-state index in [9.17, 15) is 9.18 Å². The number of H-pyrrole nitrogens is 1. The number of aromatic nitrogens is 1. The van der Waals surface area contributed by atoms with Crippen molar-refractivity contribution < 1.29 is 9.18 Å². The largest absolute Gasteiger partial charge is 0.360 e. The second-order valence-electron chi connectivity index (χ2n) is 4.30. The van der Waals surface area contributed by atoms with E-state index < -0.39 is 5.82 Å². The van der Waals surface area contributed by atoms with Gasteiger partial charge in [0.25, 0.3) is 5.91 Å². The first kappa shape index (κ1) is 12.9. The number of rotatable bonds is 2. The number of anilines is 1. The van der Waals surface area contributed by atoms with E-state index in [1.165, 1.54) is 6.07 Å². The molecule has 0 saturated heterocycles. The van der Waals surface area contributed by atoms with Crippen LogP contribution in [0.1, 0.15) is 10.4 Å². The maximum absolute atomic E-state index is 13.7. The number of carbonyl (C=O) groups excluding carboxylic acids is 1. The van der Waals surface area contributed by atoms with Crippen LogP contribution in [0.5, 0.6) is 0 Å². The van der Waals surface area contributed by atoms with Crippen molar-refractivity contribution in [2.45, 2.75) is 0 Å². The summed E-state index contributed by atoms with van der Waals surface area (Å²) in [6, 6.07) is 12.0. The molecular formula is C15H10BrFN2O. The van der Waals surface area contributed by atoms with Gasteiger partial charge < -0.3 is 10.3 Å². The summed E-state index contributed by atoms with van der Waals surface area (Å²) in [5.41, 5.74) is 1.49. The standard InChI is InChI=1S/C15H10BrFN2O/c16-11-5-3-6-12(17)14(11)19-15(20)10-8-18-13-7-2-1-4-9(10)13/h1-8,18H,(H,19,20). The molecule has 1 amide bonds. The second-order valence-corrected chi connectivity index (χ2v) is 5.15. The van der Waals surface area contributed by atoms with Crippen molar-refractivity contribution in [3.8, 4) is 0 Å². The third-order valence-electron chi connectivity index (χ3n) is 3.04. The van der Waals surface area contributed by atoms with Crippen molar-refractivity contribution >= 4 is 38.4 Å². The SMILES string of the molecule is O=C(Nc1c(F)cccc1Br)c1c[nH]c2ccccc12. The van der Waals surface area contributed by atoms with Crippen LogP contribution in [0.2, 0.25) is 0 Å². The van der Waals surface area contributed by atoms with Crippen molar-refractivity contribution in [2.24, 2.45) is 0 Å². The molecule has 2 N–H and O–H groups in total. The first-order chi connectivity index (χ1) is 9.66. The zero-order valence-corrected chi connectivity index (χ0v) is 11.9. The lowest BCUT2D eigenvalue weighted by Crippen LogP contribution is -2.13. The fourth-order valence-corrected chi connectivity index (χ4v) is 2.50. The molecule has 3 rings (SSSR count). The van der Waals surface area contributed by atoms with Gasteiger partial charge in [0.15, 0.2) is 0 Å². The number of carbonyl (C=O) groups is 1. The van der Waals surface area contributed by atoms with Crippen molar-refractivity contribution in [1.29, 1.82) is 0 Å². The molecule has 0 saturated carbocycles. The molecule has 0 radical (unpaired) electrons. The molecule has 0 aliphatic carbocycles. The van der Waals surface area contributed by atoms with Crippen LogP contribution < -0.4 is 5.32 Å². The first-order valence-electron chi connectivity index (χ1n) is 5.98. The summed E-state index contributed by atoms with van der Waals surface area (Å²) in [7, 11) is 0. The quantitative estimate of drug-likeness (QED) is 0.721. The van der Waals surface area contributed by atoms with Crippen LogP contribution in [-0.4, -0.2) is 10.9 Å². The topological polar surface area (TPSA) is 44.9 Å². The summed E-state index contributed by atoms with van der Waals surface area (Å²) in [6.45, 7) is 0. The molecule has 3 nitrogen and oxygen atoms in total. The molecule has 0 unspecified atom stereocenters. The van der Waals surface area contributed by atoms with Gasteiger partial charge in [-0.25, -0.2) is 4.39 Å². The number of halogens is 2. The Kier molecular flexibility index (Phi) is 3.28. The lowest BCUT2D eigenvalue weighted by atomic mass is 10.1. The van der Waals surface area contributed by atoms with E-state index in [4.69, 9.17) is 0 Å². The summed E-state index contributed by atoms with van der Waals surface area (Å²) in [5.74, 6) is -0.833. The normalized spacial score (nSPS) is 10.7. The van der Waals surface area contributed by atoms with Crippen molar-refractivity contribution in [1.82, 2.24) is 4.98 Å². The molecule has 5 heteroatoms. The van der Waals surface area contributed by atoms with Crippen LogP contribution in [0.25, 0.3) is 10.9 Å². The monoisotopic (exact) mass is 332 g/mol. The Morgan fingerprint density at radius 1 is 1.15 bits per heavy atom. The molecule has 0 bridgehead atoms. The maximum atomic E-state index is 13.7. The van der Waals surface area contributed by atoms with Gasteiger partial charge in [-0.15, -0.1) is 0 Å². The number of amides is 1. The van der Waals surface area contributed by atoms with Crippen molar-refractivity contribution in [3.63, 3.8) is 0 Å². The molecule has 0 spiro atoms. The highest BCUT2D eigenvalue weighted by molar-refractivity contribution is 9.10. The summed E-state index contributed by atoms with van der Waals surface area (Å²) >= 11 is 3.23. The highest BCUT2D eigenvalue weighted by Crippen LogP contribution is 2.26. The number of para-hydroxylation sites is 2. The minimum absolute atomic E-state index is 0.141. The lowest BCUT2D eigenvalue weighted by Gasteiger charge is -2.07. The molecule has 0 atom stereocenters. The van der Waals surface area contributed by atoms with E-state index in [-0.39, 0.29) is 11.6 Å². The molecule has 0 aliphatic rings. The van der Waals surface area contributed by atoms with Gasteiger partial charge in [-0.2, -0.15) is 0 Å². The molecule has 0 fully saturated rings. The number of hydrogen-bond donors (Lipinski definition) is 2. The van der Waals surface area contributed by atoms with Gasteiger partial charge in [0, 0.05) is 21.6 Å². The lowest BCUT2D eigenvalue weighted by molar-refractivity contribution is 0.102. The van der Waals surface area contributed by atoms with Crippen LogP contribution in [-0.2, 0) is 0 Å². The summed E-state index contributed by atoms with van der Waals surface area (Å²) in [5, 5.41) is 3.40. The Morgan fingerprint density at radius 3 is 2.75 bits per heavy atom. The van der Waals surface area contributed by atoms with E-state index in [1.807, 2.05) is 24.3 Å². The summed E-state index contributed by atoms with van der Waals surface area (Å²) < 4.78 is 14.2. The van der Waals surface area contributed by atoms with Crippen LogP contribution in [0.4, 0.5) is 10.1 Å². The first-order valence-corrected chi connectivity index (χ1v) is 6.77. The zero-order chi connectivity index (χ0) is 14.1. The molecule has 3 aromatic rings. The number of fused-ring (bicyclic) bond motifs is 1. The van der Waals surface area contributed by atoms with Gasteiger partial charge in [-0.1, -0.05) is 24.3 Å². The number of benzene rings is 2. The highest BCUT2D eigenvalue weighted by Gasteiger charge is 2.15. The van der Waals surface area contributed by atoms with E-state index >= 15 is 0 Å². The average molecular weight is 333 g/mol. The third kappa shape index (κ3) is 2.20. The van der Waals surface area contributed by atoms with E-state index in [2.05, 4.69) is 26.2 Å². The van der Waals surface area contributed by atoms with Crippen molar-refractivity contribution in [2.75, 3.05) is 5.32 Å². The molecular weight excluding hydrogens is 323 g/mol. The van der Waals surface area contributed by atoms with Gasteiger partial charge in [0.2, 0.25) is 0 Å². The van der Waals surface area contributed by atoms with Crippen LogP contribution >= 0.6 is 15.9 Å². The summed E-state index contributed by atoms with van der Waals surface area (Å²) in [4.78, 5) is 15.3. The number of hydrogen-bond acceptors (Lipinski definition) is 1. The Bertz CT molecular complexity index is 777. The predicted octanol–water partition coefficient (Wildman–Crippen LogP) is 4.32. The smallest absolute Gasteiger partial charge is 0.257 e. The van der Waals surface area contributed by atoms with Crippen LogP contribution in [0.3, 0.4) is 0 Å². The Balaban J connectivity index is 1.98. The van der Waals surface area contributed by atoms with E-state index in [1.54, 1.807) is 18.3 Å². The molecule has 2 aromatic carbocycles. The van der Waals surface area contributed by atoms with Gasteiger partial charge in [0.05, 0.1) is 11.3 Å². The predicted molar refractivity (Wildman–Crippen MR) is 80.4 cm³/mol. The fourth-order valence-electron chi connectivity index (χ4n) is 2.06. The minimum atomic E-state index is -0.479. The van der Waals surface area contributed by atoms with Crippen LogP contribution in [0, 0.1) is 5.82 Å². The Morgan fingerprint density at radius 2 is 1.95 bits per heavy atom. The second kappa shape index (κ2) is 5.09. The molecule has 1 aromatic heterocycles. The van der Waals surface area contributed by atoms with Crippen molar-refractivity contribution in [3.05, 3.63) is 64.5 Å². The maximum Gasteiger partial charge on any atom is 0.257 e. The number of aromatic amines is 1. The van der Waals surface area contributed by atoms with Gasteiger partial charge in [-0.05, 0) is 34.1 Å². The van der Waals surface area contributed by atoms with Gasteiger partial charge in [-0.3, -0.25) is 4.79 Å². The molecule has 100 valence electrons. The Labute approximate surface area is 122 Å². The molecule has 0 aliphatic heterocycles. The minimum Gasteiger partial charge on any atom is -0.360 e. The third-order valence-corrected chi connectivity index (χ3v) is 3.70. The van der Waals surface area contributed by atoms with Gasteiger partial charge in [0.1, 0.15) is 5.82 Å². The molecule has 1 heterocycles. The fraction of sp³-hybridized carbons (Fsp3) is 0. The highest BCUT2D eigenvalue weighted by atomic mass is 79.9. The average Bonchev–Trinajstić information content (AvgIpc) is 2.87. The number of nitrogens with one attached hydrogen (secondary N) is 2. The van der Waals surface area contributed by atoms with E-state index in [0.29, 0.717) is 10.0 Å². The van der Waals surface area contributed by atoms with Crippen LogP contribution in [0.15, 0.2) is 53.1 Å². The zero-order valence-electron chi connectivity index (χ0n) is 10.3. The van der Waals surface area contributed by atoms with E-state index in [0.717, 1.165) is 10.9 Å². The summed E-state index contributed by atoms with van der Waals surface area (Å²) in [6.07, 6.45) is 1.62.